The summed E-state index contributed by atoms with van der Waals surface area (Å²) in [7, 11) is 3.16. The number of fused-ring (bicyclic) bond motifs is 1. The number of methoxy groups -OCH3 is 1. The largest absolute Gasteiger partial charge is 0.507 e. The van der Waals surface area contributed by atoms with E-state index in [-0.39, 0.29) is 28.3 Å². The summed E-state index contributed by atoms with van der Waals surface area (Å²) in [5, 5.41) is 11.3. The number of anilines is 2. The average Bonchev–Trinajstić information content (AvgIpc) is 3.50. The molecule has 0 aliphatic carbocycles. The summed E-state index contributed by atoms with van der Waals surface area (Å²) in [5.74, 6) is -1.69. The van der Waals surface area contributed by atoms with Gasteiger partial charge < -0.3 is 23.9 Å². The van der Waals surface area contributed by atoms with Gasteiger partial charge in [0.25, 0.3) is 11.7 Å². The van der Waals surface area contributed by atoms with Gasteiger partial charge in [-0.2, -0.15) is 0 Å². The number of ether oxygens (including phenoxy) is 2. The molecule has 2 aliphatic heterocycles. The molecule has 3 aromatic rings. The van der Waals surface area contributed by atoms with Gasteiger partial charge in [-0.05, 0) is 48.5 Å². The fourth-order valence-electron chi connectivity index (χ4n) is 4.37. The van der Waals surface area contributed by atoms with Crippen LogP contribution in [0.3, 0.4) is 0 Å². The van der Waals surface area contributed by atoms with Gasteiger partial charge in [-0.15, -0.1) is 0 Å². The molecule has 1 aromatic heterocycles. The molecule has 35 heavy (non-hydrogen) atoms. The van der Waals surface area contributed by atoms with Crippen molar-refractivity contribution >= 4 is 34.8 Å². The van der Waals surface area contributed by atoms with Crippen molar-refractivity contribution in [3.63, 3.8) is 0 Å². The molecule has 2 aliphatic rings. The summed E-state index contributed by atoms with van der Waals surface area (Å²) in [4.78, 5) is 41.8. The highest BCUT2D eigenvalue weighted by Crippen LogP contribution is 2.43. The summed E-state index contributed by atoms with van der Waals surface area (Å²) >= 11 is 0. The number of nitrogens with zero attached hydrogens (tertiary/aromatic N) is 2. The van der Waals surface area contributed by atoms with Crippen LogP contribution in [0, 0.1) is 0 Å². The molecule has 1 amide bonds. The Labute approximate surface area is 200 Å². The second kappa shape index (κ2) is 8.68. The number of aliphatic hydroxyl groups excluding tert-OH is 1. The van der Waals surface area contributed by atoms with Crippen molar-refractivity contribution in [3.05, 3.63) is 83.3 Å². The van der Waals surface area contributed by atoms with Gasteiger partial charge in [-0.1, -0.05) is 6.07 Å². The van der Waals surface area contributed by atoms with Crippen molar-refractivity contribution in [2.45, 2.75) is 6.04 Å². The molecule has 1 saturated heterocycles. The van der Waals surface area contributed by atoms with Crippen LogP contribution in [-0.4, -0.2) is 50.1 Å². The highest BCUT2D eigenvalue weighted by molar-refractivity contribution is 6.51. The molecular formula is C26H22N2O7. The van der Waals surface area contributed by atoms with Crippen molar-refractivity contribution in [3.8, 4) is 5.75 Å². The summed E-state index contributed by atoms with van der Waals surface area (Å²) < 4.78 is 16.0. The third kappa shape index (κ3) is 3.71. The molecule has 9 nitrogen and oxygen atoms in total. The van der Waals surface area contributed by atoms with E-state index in [0.29, 0.717) is 24.5 Å². The number of carbonyl (C=O) groups is 3. The standard InChI is InChI=1S/C26H22N2O7/c1-27-10-12-35-19-9-8-15(14-18(19)27)23(29)21-22(20-7-4-11-34-20)28(25(31)24(21)30)17-6-3-5-16(13-17)26(32)33-2/h3-9,11,13-14,22,29H,10,12H2,1-2H3/b23-21-. The zero-order valence-electron chi connectivity index (χ0n) is 19.1. The summed E-state index contributed by atoms with van der Waals surface area (Å²) in [6, 6.07) is 13.5. The first kappa shape index (κ1) is 22.3. The van der Waals surface area contributed by atoms with Gasteiger partial charge in [0.05, 0.1) is 36.7 Å². The molecular weight excluding hydrogens is 452 g/mol. The summed E-state index contributed by atoms with van der Waals surface area (Å²) in [6.45, 7) is 1.22. The number of esters is 1. The van der Waals surface area contributed by atoms with E-state index < -0.39 is 23.7 Å². The van der Waals surface area contributed by atoms with E-state index in [1.807, 2.05) is 11.9 Å². The van der Waals surface area contributed by atoms with Crippen molar-refractivity contribution in [1.82, 2.24) is 0 Å². The predicted octanol–water partition coefficient (Wildman–Crippen LogP) is 3.52. The Morgan fingerprint density at radius 3 is 2.66 bits per heavy atom. The zero-order valence-corrected chi connectivity index (χ0v) is 19.1. The first-order chi connectivity index (χ1) is 16.9. The molecule has 178 valence electrons. The Morgan fingerprint density at radius 2 is 1.91 bits per heavy atom. The lowest BCUT2D eigenvalue weighted by Crippen LogP contribution is -2.29. The molecule has 9 heteroatoms. The molecule has 3 heterocycles. The third-order valence-electron chi connectivity index (χ3n) is 6.13. The van der Waals surface area contributed by atoms with Gasteiger partial charge in [-0.3, -0.25) is 14.5 Å². The molecule has 1 fully saturated rings. The molecule has 5 rings (SSSR count). The Hall–Kier alpha value is -4.53. The zero-order chi connectivity index (χ0) is 24.7. The monoisotopic (exact) mass is 474 g/mol. The van der Waals surface area contributed by atoms with Crippen LogP contribution >= 0.6 is 0 Å². The van der Waals surface area contributed by atoms with Gasteiger partial charge in [0.2, 0.25) is 0 Å². The fraction of sp³-hybridized carbons (Fsp3) is 0.192. The average molecular weight is 474 g/mol. The van der Waals surface area contributed by atoms with Gasteiger partial charge in [0.15, 0.2) is 0 Å². The molecule has 2 aromatic carbocycles. The Bertz CT molecular complexity index is 1360. The maximum absolute atomic E-state index is 13.3. The lowest BCUT2D eigenvalue weighted by Gasteiger charge is -2.28. The van der Waals surface area contributed by atoms with Crippen LogP contribution in [0.25, 0.3) is 5.76 Å². The van der Waals surface area contributed by atoms with Crippen LogP contribution in [0.2, 0.25) is 0 Å². The second-order valence-corrected chi connectivity index (χ2v) is 8.18. The first-order valence-electron chi connectivity index (χ1n) is 10.9. The number of carbonyl (C=O) groups excluding carboxylic acids is 3. The number of ketones is 1. The number of Topliss-reactive ketones (excluding diaryl/α,β-unsaturated/α-hetero) is 1. The normalized spacial score (nSPS) is 18.9. The number of amides is 1. The maximum atomic E-state index is 13.3. The molecule has 0 saturated carbocycles. The number of likely N-dealkylation sites (N-methyl/N-ethyl adjacent to an activating group) is 1. The minimum absolute atomic E-state index is 0.118. The molecule has 0 spiro atoms. The minimum atomic E-state index is -1.04. The van der Waals surface area contributed by atoms with Gasteiger partial charge >= 0.3 is 5.97 Å². The molecule has 0 radical (unpaired) electrons. The number of hydrogen-bond acceptors (Lipinski definition) is 8. The van der Waals surface area contributed by atoms with Gasteiger partial charge in [0.1, 0.15) is 29.9 Å². The molecule has 1 N–H and O–H groups in total. The van der Waals surface area contributed by atoms with Crippen molar-refractivity contribution in [2.75, 3.05) is 37.1 Å². The molecule has 0 bridgehead atoms. The van der Waals surface area contributed by atoms with Crippen molar-refractivity contribution in [2.24, 2.45) is 0 Å². The fourth-order valence-corrected chi connectivity index (χ4v) is 4.37. The van der Waals surface area contributed by atoms with E-state index in [4.69, 9.17) is 13.9 Å². The topological polar surface area (TPSA) is 110 Å². The van der Waals surface area contributed by atoms with Crippen LogP contribution < -0.4 is 14.5 Å². The van der Waals surface area contributed by atoms with Crippen LogP contribution in [0.4, 0.5) is 11.4 Å². The number of furan rings is 1. The maximum Gasteiger partial charge on any atom is 0.337 e. The van der Waals surface area contributed by atoms with Crippen LogP contribution in [-0.2, 0) is 14.3 Å². The number of hydrogen-bond donors (Lipinski definition) is 1. The van der Waals surface area contributed by atoms with Crippen molar-refractivity contribution in [1.29, 1.82) is 0 Å². The van der Waals surface area contributed by atoms with E-state index in [1.165, 1.54) is 24.3 Å². The number of aliphatic hydroxyl groups is 1. The summed E-state index contributed by atoms with van der Waals surface area (Å²) in [5.41, 5.74) is 1.50. The number of benzene rings is 2. The minimum Gasteiger partial charge on any atom is -0.507 e. The summed E-state index contributed by atoms with van der Waals surface area (Å²) in [6.07, 6.45) is 1.42. The van der Waals surface area contributed by atoms with Crippen LogP contribution in [0.1, 0.15) is 27.7 Å². The molecule has 1 unspecified atom stereocenters. The Kier molecular flexibility index (Phi) is 5.52. The van der Waals surface area contributed by atoms with E-state index in [2.05, 4.69) is 0 Å². The predicted molar refractivity (Wildman–Crippen MR) is 126 cm³/mol. The Balaban J connectivity index is 1.66. The van der Waals surface area contributed by atoms with E-state index >= 15 is 0 Å². The van der Waals surface area contributed by atoms with Crippen molar-refractivity contribution < 1.29 is 33.4 Å². The highest BCUT2D eigenvalue weighted by atomic mass is 16.5. The van der Waals surface area contributed by atoms with Gasteiger partial charge in [-0.25, -0.2) is 4.79 Å². The van der Waals surface area contributed by atoms with E-state index in [0.717, 1.165) is 5.69 Å². The third-order valence-corrected chi connectivity index (χ3v) is 6.13. The van der Waals surface area contributed by atoms with Crippen LogP contribution in [0.5, 0.6) is 5.75 Å². The highest BCUT2D eigenvalue weighted by Gasteiger charge is 2.48. The SMILES string of the molecule is COC(=O)c1cccc(N2C(=O)C(=O)/C(=C(\O)c3ccc4c(c3)N(C)CCO4)C2c2ccco2)c1. The van der Waals surface area contributed by atoms with Gasteiger partial charge in [0, 0.05) is 18.3 Å². The van der Waals surface area contributed by atoms with E-state index in [1.54, 1.807) is 48.5 Å². The lowest BCUT2D eigenvalue weighted by molar-refractivity contribution is -0.132. The van der Waals surface area contributed by atoms with Crippen LogP contribution in [0.15, 0.2) is 70.9 Å². The first-order valence-corrected chi connectivity index (χ1v) is 10.9. The second-order valence-electron chi connectivity index (χ2n) is 8.18. The van der Waals surface area contributed by atoms with E-state index in [9.17, 15) is 19.5 Å². The molecule has 1 atom stereocenters. The quantitative estimate of drug-likeness (QED) is 0.265. The smallest absolute Gasteiger partial charge is 0.337 e. The number of rotatable bonds is 4. The lowest BCUT2D eigenvalue weighted by atomic mass is 9.98. The Morgan fingerprint density at radius 1 is 1.09 bits per heavy atom.